The van der Waals surface area contributed by atoms with Gasteiger partial charge in [-0.25, -0.2) is 4.39 Å². The van der Waals surface area contributed by atoms with Gasteiger partial charge in [0.2, 0.25) is 5.82 Å². The fourth-order valence-electron chi connectivity index (χ4n) is 1.79. The minimum absolute atomic E-state index is 0.0591. The van der Waals surface area contributed by atoms with Crippen molar-refractivity contribution in [1.82, 2.24) is 10.1 Å². The van der Waals surface area contributed by atoms with Crippen LogP contribution in [0.1, 0.15) is 0 Å². The first-order valence-electron chi connectivity index (χ1n) is 5.82. The second kappa shape index (κ2) is 5.72. The monoisotopic (exact) mass is 460 g/mol. The number of aromatic nitrogens is 2. The topological polar surface area (TPSA) is 59.2 Å². The maximum atomic E-state index is 13.1. The molecule has 0 aliphatic rings. The molecule has 3 rings (SSSR count). The molecule has 0 saturated carbocycles. The normalized spacial score (nSPS) is 10.8. The van der Waals surface area contributed by atoms with Crippen LogP contribution in [0.4, 0.5) is 4.39 Å². The summed E-state index contributed by atoms with van der Waals surface area (Å²) >= 11 is 5.39. The van der Waals surface area contributed by atoms with E-state index in [-0.39, 0.29) is 17.5 Å². The second-order valence-corrected chi connectivity index (χ2v) is 6.31. The van der Waals surface area contributed by atoms with Gasteiger partial charge < -0.3 is 9.63 Å². The molecule has 106 valence electrons. The Morgan fingerprint density at radius 2 is 1.95 bits per heavy atom. The van der Waals surface area contributed by atoms with Gasteiger partial charge in [-0.3, -0.25) is 0 Å². The quantitative estimate of drug-likeness (QED) is 0.567. The van der Waals surface area contributed by atoms with Crippen molar-refractivity contribution in [3.8, 4) is 28.6 Å². The van der Waals surface area contributed by atoms with Gasteiger partial charge in [-0.1, -0.05) is 5.16 Å². The molecular weight excluding hydrogens is 454 g/mol. The van der Waals surface area contributed by atoms with E-state index in [9.17, 15) is 9.50 Å². The van der Waals surface area contributed by atoms with E-state index in [2.05, 4.69) is 48.7 Å². The third kappa shape index (κ3) is 2.93. The van der Waals surface area contributed by atoms with Gasteiger partial charge in [-0.15, -0.1) is 0 Å². The van der Waals surface area contributed by atoms with Crippen LogP contribution < -0.4 is 0 Å². The third-order valence-electron chi connectivity index (χ3n) is 2.79. The van der Waals surface area contributed by atoms with Crippen LogP contribution in [0, 0.1) is 9.39 Å². The molecule has 7 heteroatoms. The number of halogens is 3. The summed E-state index contributed by atoms with van der Waals surface area (Å²) in [5, 5.41) is 13.7. The van der Waals surface area contributed by atoms with Crippen molar-refractivity contribution < 1.29 is 14.0 Å². The van der Waals surface area contributed by atoms with E-state index in [0.717, 1.165) is 3.57 Å². The first kappa shape index (κ1) is 14.5. The molecule has 2 aromatic carbocycles. The Hall–Kier alpha value is -1.48. The Labute approximate surface area is 141 Å². The lowest BCUT2D eigenvalue weighted by atomic mass is 10.2. The predicted octanol–water partition coefficient (Wildman–Crippen LogP) is 4.62. The number of phenolic OH excluding ortho intramolecular Hbond substituents is 1. The molecule has 0 aliphatic carbocycles. The van der Waals surface area contributed by atoms with Gasteiger partial charge in [0.1, 0.15) is 11.6 Å². The van der Waals surface area contributed by atoms with Gasteiger partial charge in [0.15, 0.2) is 0 Å². The summed E-state index contributed by atoms with van der Waals surface area (Å²) in [6, 6.07) is 9.28. The molecule has 1 aromatic heterocycles. The zero-order chi connectivity index (χ0) is 15.0. The van der Waals surface area contributed by atoms with Crippen LogP contribution in [0.5, 0.6) is 5.75 Å². The zero-order valence-corrected chi connectivity index (χ0v) is 14.1. The Morgan fingerprint density at radius 1 is 1.14 bits per heavy atom. The summed E-state index contributed by atoms with van der Waals surface area (Å²) < 4.78 is 19.8. The maximum Gasteiger partial charge on any atom is 0.262 e. The van der Waals surface area contributed by atoms with Crippen molar-refractivity contribution in [3.05, 3.63) is 50.3 Å². The second-order valence-electron chi connectivity index (χ2n) is 4.21. The van der Waals surface area contributed by atoms with Crippen LogP contribution in [0.25, 0.3) is 22.8 Å². The Morgan fingerprint density at radius 3 is 2.71 bits per heavy atom. The first-order valence-corrected chi connectivity index (χ1v) is 7.70. The van der Waals surface area contributed by atoms with Crippen LogP contribution >= 0.6 is 38.5 Å². The largest absolute Gasteiger partial charge is 0.507 e. The van der Waals surface area contributed by atoms with Gasteiger partial charge in [-0.2, -0.15) is 4.98 Å². The van der Waals surface area contributed by atoms with Gasteiger partial charge in [0.25, 0.3) is 5.89 Å². The highest BCUT2D eigenvalue weighted by Gasteiger charge is 2.16. The predicted molar refractivity (Wildman–Crippen MR) is 87.2 cm³/mol. The SMILES string of the molecule is Oc1ccc(I)cc1-c1nc(-c2ccc(F)cc2Br)no1. The lowest BCUT2D eigenvalue weighted by Gasteiger charge is -2.00. The molecule has 0 atom stereocenters. The Bertz CT molecular complexity index is 822. The van der Waals surface area contributed by atoms with E-state index in [0.29, 0.717) is 21.4 Å². The van der Waals surface area contributed by atoms with E-state index in [1.807, 2.05) is 0 Å². The number of hydrogen-bond acceptors (Lipinski definition) is 4. The summed E-state index contributed by atoms with van der Waals surface area (Å²) in [5.41, 5.74) is 1.07. The minimum Gasteiger partial charge on any atom is -0.507 e. The average Bonchev–Trinajstić information content (AvgIpc) is 2.91. The maximum absolute atomic E-state index is 13.1. The standard InChI is InChI=1S/C14H7BrFIN2O2/c15-11-5-7(16)1-3-9(11)13-18-14(21-19-13)10-6-8(17)2-4-12(10)20/h1-6,20H. The Balaban J connectivity index is 2.06. The summed E-state index contributed by atoms with van der Waals surface area (Å²) in [4.78, 5) is 4.25. The summed E-state index contributed by atoms with van der Waals surface area (Å²) in [6.07, 6.45) is 0. The van der Waals surface area contributed by atoms with Crippen LogP contribution in [-0.4, -0.2) is 15.2 Å². The molecule has 0 unspecified atom stereocenters. The number of benzene rings is 2. The van der Waals surface area contributed by atoms with Crippen molar-refractivity contribution in [2.24, 2.45) is 0 Å². The molecular formula is C14H7BrFIN2O2. The van der Waals surface area contributed by atoms with Crippen LogP contribution in [0.2, 0.25) is 0 Å². The van der Waals surface area contributed by atoms with Crippen molar-refractivity contribution in [1.29, 1.82) is 0 Å². The van der Waals surface area contributed by atoms with Crippen molar-refractivity contribution in [2.75, 3.05) is 0 Å². The average molecular weight is 461 g/mol. The van der Waals surface area contributed by atoms with Gasteiger partial charge in [0.05, 0.1) is 5.56 Å². The smallest absolute Gasteiger partial charge is 0.262 e. The number of hydrogen-bond donors (Lipinski definition) is 1. The zero-order valence-electron chi connectivity index (χ0n) is 10.3. The van der Waals surface area contributed by atoms with Crippen LogP contribution in [0.3, 0.4) is 0 Å². The molecule has 1 N–H and O–H groups in total. The fraction of sp³-hybridized carbons (Fsp3) is 0. The van der Waals surface area contributed by atoms with E-state index in [1.54, 1.807) is 24.3 Å². The molecule has 1 heterocycles. The highest BCUT2D eigenvalue weighted by molar-refractivity contribution is 14.1. The van der Waals surface area contributed by atoms with Gasteiger partial charge in [0, 0.05) is 13.6 Å². The van der Waals surface area contributed by atoms with Crippen molar-refractivity contribution in [3.63, 3.8) is 0 Å². The van der Waals surface area contributed by atoms with Crippen LogP contribution in [-0.2, 0) is 0 Å². The van der Waals surface area contributed by atoms with Crippen LogP contribution in [0.15, 0.2) is 45.4 Å². The highest BCUT2D eigenvalue weighted by atomic mass is 127. The summed E-state index contributed by atoms with van der Waals surface area (Å²) in [7, 11) is 0. The number of nitrogens with zero attached hydrogens (tertiary/aromatic N) is 2. The molecule has 0 amide bonds. The van der Waals surface area contributed by atoms with Crippen molar-refractivity contribution in [2.45, 2.75) is 0 Å². The van der Waals surface area contributed by atoms with E-state index < -0.39 is 0 Å². The molecule has 4 nitrogen and oxygen atoms in total. The highest BCUT2D eigenvalue weighted by Crippen LogP contribution is 2.32. The Kier molecular flexibility index (Phi) is 3.94. The van der Waals surface area contributed by atoms with Crippen molar-refractivity contribution >= 4 is 38.5 Å². The molecule has 0 fully saturated rings. The summed E-state index contributed by atoms with van der Waals surface area (Å²) in [5.74, 6) is 0.223. The molecule has 0 aliphatic heterocycles. The molecule has 21 heavy (non-hydrogen) atoms. The van der Waals surface area contributed by atoms with E-state index in [4.69, 9.17) is 4.52 Å². The number of rotatable bonds is 2. The lowest BCUT2D eigenvalue weighted by molar-refractivity contribution is 0.425. The molecule has 0 spiro atoms. The number of phenols is 1. The lowest BCUT2D eigenvalue weighted by Crippen LogP contribution is -1.85. The van der Waals surface area contributed by atoms with Gasteiger partial charge >= 0.3 is 0 Å². The first-order chi connectivity index (χ1) is 10.0. The molecule has 0 bridgehead atoms. The fourth-order valence-corrected chi connectivity index (χ4v) is 2.81. The van der Waals surface area contributed by atoms with E-state index in [1.165, 1.54) is 12.1 Å². The number of aromatic hydroxyl groups is 1. The summed E-state index contributed by atoms with van der Waals surface area (Å²) in [6.45, 7) is 0. The molecule has 3 aromatic rings. The minimum atomic E-state index is -0.357. The third-order valence-corrected chi connectivity index (χ3v) is 4.11. The van der Waals surface area contributed by atoms with E-state index >= 15 is 0 Å². The molecule has 0 radical (unpaired) electrons. The molecule has 0 saturated heterocycles. The van der Waals surface area contributed by atoms with Gasteiger partial charge in [-0.05, 0) is 74.9 Å².